The van der Waals surface area contributed by atoms with Crippen molar-refractivity contribution in [2.24, 2.45) is 0 Å². The van der Waals surface area contributed by atoms with Crippen LogP contribution in [-0.2, 0) is 10.0 Å². The Bertz CT molecular complexity index is 952. The van der Waals surface area contributed by atoms with Gasteiger partial charge in [0.05, 0.1) is 22.8 Å². The van der Waals surface area contributed by atoms with E-state index in [9.17, 15) is 30.7 Å². The molecular formula is C15H16F3N3O5S2. The van der Waals surface area contributed by atoms with Crippen molar-refractivity contribution in [1.29, 1.82) is 0 Å². The summed E-state index contributed by atoms with van der Waals surface area (Å²) >= 11 is 0. The summed E-state index contributed by atoms with van der Waals surface area (Å²) in [5.41, 5.74) is 1.01. The Labute approximate surface area is 160 Å². The van der Waals surface area contributed by atoms with Crippen molar-refractivity contribution in [2.45, 2.75) is 11.3 Å². The molecule has 1 aliphatic heterocycles. The third-order valence-electron chi connectivity index (χ3n) is 3.70. The van der Waals surface area contributed by atoms with Gasteiger partial charge in [-0.15, -0.1) is 13.2 Å². The second-order valence-corrected chi connectivity index (χ2v) is 9.11. The minimum atomic E-state index is -4.87. The van der Waals surface area contributed by atoms with Gasteiger partial charge in [-0.3, -0.25) is 18.1 Å². The molecule has 0 atom stereocenters. The van der Waals surface area contributed by atoms with Crippen molar-refractivity contribution < 1.29 is 35.4 Å². The number of nitrogens with zero attached hydrogens (tertiary/aromatic N) is 1. The summed E-state index contributed by atoms with van der Waals surface area (Å²) in [6.45, 7) is -0.226. The largest absolute Gasteiger partial charge is 0.573 e. The number of sulfonamides is 1. The summed E-state index contributed by atoms with van der Waals surface area (Å²) in [4.78, 5) is -0.256. The zero-order valence-electron chi connectivity index (χ0n) is 14.0. The normalized spacial score (nSPS) is 17.0. The number of rotatable bonds is 6. The molecule has 2 aromatic carbocycles. The zero-order chi connectivity index (χ0) is 20.6. The number of ether oxygens (including phenoxy) is 1. The average molecular weight is 439 g/mol. The van der Waals surface area contributed by atoms with Gasteiger partial charge in [0, 0.05) is 6.54 Å². The number of hydrogen-bond acceptors (Lipinski definition) is 7. The maximum Gasteiger partial charge on any atom is 0.573 e. The standard InChI is InChI=1S/C15H16F3N3O5S2/c16-15(17,18)26-11-5-7-12(8-6-11)27(22,23)19-9-10-21-14-4-2-1-3-13(14)20-28(21,24)25/h1-8,19-20,24-25H,9-10H2. The van der Waals surface area contributed by atoms with Gasteiger partial charge >= 0.3 is 6.36 Å². The van der Waals surface area contributed by atoms with Crippen LogP contribution in [0.5, 0.6) is 5.75 Å². The molecule has 0 aromatic heterocycles. The molecule has 8 nitrogen and oxygen atoms in total. The SMILES string of the molecule is O=S(=O)(NCCN1c2ccccc2NS1(O)O)c1ccc(OC(F)(F)F)cc1. The first kappa shape index (κ1) is 20.5. The highest BCUT2D eigenvalue weighted by Crippen LogP contribution is 2.55. The van der Waals surface area contributed by atoms with Crippen LogP contribution in [0, 0.1) is 0 Å². The van der Waals surface area contributed by atoms with Gasteiger partial charge in [-0.25, -0.2) is 13.1 Å². The van der Waals surface area contributed by atoms with Crippen molar-refractivity contribution >= 4 is 32.4 Å². The van der Waals surface area contributed by atoms with Gasteiger partial charge in [0.15, 0.2) is 0 Å². The first-order valence-corrected chi connectivity index (χ1v) is 10.7. The van der Waals surface area contributed by atoms with Crippen LogP contribution in [0.15, 0.2) is 53.4 Å². The summed E-state index contributed by atoms with van der Waals surface area (Å²) in [5.74, 6) is -0.542. The first-order chi connectivity index (χ1) is 13.0. The average Bonchev–Trinajstić information content (AvgIpc) is 2.84. The number of anilines is 2. The Hall–Kier alpha value is -2.19. The summed E-state index contributed by atoms with van der Waals surface area (Å²) in [5, 5.41) is 0. The first-order valence-electron chi connectivity index (χ1n) is 7.76. The molecule has 0 unspecified atom stereocenters. The monoisotopic (exact) mass is 439 g/mol. The predicted molar refractivity (Wildman–Crippen MR) is 98.6 cm³/mol. The number of halogens is 3. The number of fused-ring (bicyclic) bond motifs is 1. The predicted octanol–water partition coefficient (Wildman–Crippen LogP) is 3.38. The molecule has 1 aliphatic rings. The van der Waals surface area contributed by atoms with Gasteiger partial charge < -0.3 is 4.74 Å². The molecule has 0 bridgehead atoms. The highest BCUT2D eigenvalue weighted by Gasteiger charge is 2.33. The highest BCUT2D eigenvalue weighted by molar-refractivity contribution is 8.26. The van der Waals surface area contributed by atoms with Gasteiger partial charge in [-0.05, 0) is 47.4 Å². The lowest BCUT2D eigenvalue weighted by atomic mass is 10.3. The lowest BCUT2D eigenvalue weighted by molar-refractivity contribution is -0.274. The fourth-order valence-electron chi connectivity index (χ4n) is 2.55. The molecule has 2 aromatic rings. The van der Waals surface area contributed by atoms with Crippen LogP contribution in [0.3, 0.4) is 0 Å². The zero-order valence-corrected chi connectivity index (χ0v) is 15.7. The van der Waals surface area contributed by atoms with Crippen LogP contribution < -0.4 is 18.5 Å². The van der Waals surface area contributed by atoms with Crippen LogP contribution >= 0.6 is 11.0 Å². The van der Waals surface area contributed by atoms with Gasteiger partial charge in [-0.2, -0.15) is 0 Å². The number of alkyl halides is 3. The van der Waals surface area contributed by atoms with Crippen molar-refractivity contribution in [3.63, 3.8) is 0 Å². The number of benzene rings is 2. The molecule has 0 spiro atoms. The lowest BCUT2D eigenvalue weighted by Gasteiger charge is -2.37. The summed E-state index contributed by atoms with van der Waals surface area (Å²) in [6, 6.07) is 10.4. The van der Waals surface area contributed by atoms with E-state index < -0.39 is 33.1 Å². The second-order valence-electron chi connectivity index (χ2n) is 5.66. The van der Waals surface area contributed by atoms with Crippen LogP contribution in [0.4, 0.5) is 24.5 Å². The fourth-order valence-corrected chi connectivity index (χ4v) is 4.93. The Morgan fingerprint density at radius 2 is 1.75 bits per heavy atom. The Balaban J connectivity index is 1.64. The van der Waals surface area contributed by atoms with Gasteiger partial charge in [-0.1, -0.05) is 12.1 Å². The quantitative estimate of drug-likeness (QED) is 0.546. The van der Waals surface area contributed by atoms with Crippen LogP contribution in [0.1, 0.15) is 0 Å². The minimum Gasteiger partial charge on any atom is -0.406 e. The van der Waals surface area contributed by atoms with Crippen molar-refractivity contribution in [2.75, 3.05) is 22.1 Å². The molecule has 28 heavy (non-hydrogen) atoms. The summed E-state index contributed by atoms with van der Waals surface area (Å²) in [7, 11) is -7.34. The molecule has 0 fully saturated rings. The topological polar surface area (TPSA) is 111 Å². The Kier molecular flexibility index (Phi) is 5.38. The molecule has 0 radical (unpaired) electrons. The third-order valence-corrected chi connectivity index (χ3v) is 6.67. The molecule has 0 aliphatic carbocycles. The number of nitrogens with one attached hydrogen (secondary N) is 2. The third kappa shape index (κ3) is 4.62. The van der Waals surface area contributed by atoms with Crippen LogP contribution in [0.25, 0.3) is 0 Å². The number of hydrogen-bond donors (Lipinski definition) is 4. The van der Waals surface area contributed by atoms with Gasteiger partial charge in [0.2, 0.25) is 10.0 Å². The highest BCUT2D eigenvalue weighted by atomic mass is 32.3. The van der Waals surface area contributed by atoms with Crippen LogP contribution in [0.2, 0.25) is 0 Å². The maximum atomic E-state index is 12.3. The van der Waals surface area contributed by atoms with E-state index in [1.165, 1.54) is 4.31 Å². The van der Waals surface area contributed by atoms with E-state index in [1.807, 2.05) is 0 Å². The molecule has 4 N–H and O–H groups in total. The summed E-state index contributed by atoms with van der Waals surface area (Å²) in [6.07, 6.45) is -4.87. The Morgan fingerprint density at radius 3 is 2.39 bits per heavy atom. The van der Waals surface area contributed by atoms with Crippen molar-refractivity contribution in [3.8, 4) is 5.75 Å². The van der Waals surface area contributed by atoms with Crippen molar-refractivity contribution in [1.82, 2.24) is 4.72 Å². The van der Waals surface area contributed by atoms with E-state index in [0.717, 1.165) is 24.3 Å². The van der Waals surface area contributed by atoms with E-state index in [2.05, 4.69) is 14.2 Å². The maximum absolute atomic E-state index is 12.3. The number of para-hydroxylation sites is 2. The molecule has 0 saturated heterocycles. The van der Waals surface area contributed by atoms with Gasteiger partial charge in [0.1, 0.15) is 5.75 Å². The molecule has 13 heteroatoms. The van der Waals surface area contributed by atoms with E-state index in [0.29, 0.717) is 11.4 Å². The van der Waals surface area contributed by atoms with Crippen molar-refractivity contribution in [3.05, 3.63) is 48.5 Å². The molecule has 154 valence electrons. The van der Waals surface area contributed by atoms with E-state index in [4.69, 9.17) is 0 Å². The van der Waals surface area contributed by atoms with E-state index >= 15 is 0 Å². The Morgan fingerprint density at radius 1 is 1.11 bits per heavy atom. The van der Waals surface area contributed by atoms with Crippen LogP contribution in [-0.4, -0.2) is 37.0 Å². The van der Waals surface area contributed by atoms with Gasteiger partial charge in [0.25, 0.3) is 0 Å². The molecule has 0 saturated carbocycles. The minimum absolute atomic E-state index is 0.0547. The van der Waals surface area contributed by atoms with E-state index in [1.54, 1.807) is 24.3 Å². The smallest absolute Gasteiger partial charge is 0.406 e. The molecular weight excluding hydrogens is 423 g/mol. The van der Waals surface area contributed by atoms with E-state index in [-0.39, 0.29) is 18.0 Å². The molecule has 0 amide bonds. The molecule has 1 heterocycles. The second kappa shape index (κ2) is 7.33. The fraction of sp³-hybridized carbons (Fsp3) is 0.200. The molecule has 3 rings (SSSR count). The summed E-state index contributed by atoms with van der Waals surface area (Å²) < 4.78 is 91.0. The lowest BCUT2D eigenvalue weighted by Crippen LogP contribution is -2.35.